The molecule has 21 heavy (non-hydrogen) atoms. The van der Waals surface area contributed by atoms with Gasteiger partial charge in [-0.25, -0.2) is 0 Å². The highest BCUT2D eigenvalue weighted by Gasteiger charge is 2.32. The van der Waals surface area contributed by atoms with Gasteiger partial charge in [-0.2, -0.15) is 0 Å². The Kier molecular flexibility index (Phi) is 5.27. The highest BCUT2D eigenvalue weighted by atomic mass is 16.2. The van der Waals surface area contributed by atoms with E-state index in [0.29, 0.717) is 12.0 Å². The molecule has 1 N–H and O–H groups in total. The minimum atomic E-state index is 0.198. The van der Waals surface area contributed by atoms with E-state index in [2.05, 4.69) is 37.9 Å². The zero-order valence-corrected chi connectivity index (χ0v) is 13.8. The SMILES string of the molecule is CCNc1ccc(C(=O)N(CCC(C)C)C2CC2)cc1C. The van der Waals surface area contributed by atoms with Crippen LogP contribution < -0.4 is 5.32 Å². The van der Waals surface area contributed by atoms with Crippen LogP contribution in [0.1, 0.15) is 56.0 Å². The van der Waals surface area contributed by atoms with Gasteiger partial charge in [0.2, 0.25) is 0 Å². The van der Waals surface area contributed by atoms with Gasteiger partial charge in [0.15, 0.2) is 0 Å². The summed E-state index contributed by atoms with van der Waals surface area (Å²) in [5.41, 5.74) is 3.08. The van der Waals surface area contributed by atoms with E-state index in [4.69, 9.17) is 0 Å². The van der Waals surface area contributed by atoms with Gasteiger partial charge in [0, 0.05) is 30.4 Å². The minimum Gasteiger partial charge on any atom is -0.385 e. The molecular weight excluding hydrogens is 260 g/mol. The first-order valence-corrected chi connectivity index (χ1v) is 8.18. The van der Waals surface area contributed by atoms with Gasteiger partial charge in [-0.1, -0.05) is 13.8 Å². The lowest BCUT2D eigenvalue weighted by atomic mass is 10.1. The lowest BCUT2D eigenvalue weighted by molar-refractivity contribution is 0.0735. The number of hydrogen-bond acceptors (Lipinski definition) is 2. The van der Waals surface area contributed by atoms with Crippen molar-refractivity contribution in [1.29, 1.82) is 0 Å². The van der Waals surface area contributed by atoms with E-state index < -0.39 is 0 Å². The lowest BCUT2D eigenvalue weighted by Crippen LogP contribution is -2.34. The largest absolute Gasteiger partial charge is 0.385 e. The fraction of sp³-hybridized carbons (Fsp3) is 0.611. The first-order chi connectivity index (χ1) is 10.0. The Morgan fingerprint density at radius 1 is 1.38 bits per heavy atom. The number of carbonyl (C=O) groups is 1. The summed E-state index contributed by atoms with van der Waals surface area (Å²) in [6.07, 6.45) is 3.41. The minimum absolute atomic E-state index is 0.198. The van der Waals surface area contributed by atoms with Crippen molar-refractivity contribution in [2.45, 2.75) is 53.0 Å². The van der Waals surface area contributed by atoms with E-state index in [9.17, 15) is 4.79 Å². The van der Waals surface area contributed by atoms with Gasteiger partial charge in [0.1, 0.15) is 0 Å². The van der Waals surface area contributed by atoms with Crippen LogP contribution in [0, 0.1) is 12.8 Å². The van der Waals surface area contributed by atoms with Gasteiger partial charge in [-0.05, 0) is 62.8 Å². The Hall–Kier alpha value is -1.51. The molecule has 0 bridgehead atoms. The molecule has 0 spiro atoms. The van der Waals surface area contributed by atoms with E-state index in [1.54, 1.807) is 0 Å². The zero-order valence-electron chi connectivity index (χ0n) is 13.8. The highest BCUT2D eigenvalue weighted by Crippen LogP contribution is 2.29. The molecule has 0 radical (unpaired) electrons. The average molecular weight is 288 g/mol. The number of nitrogens with one attached hydrogen (secondary N) is 1. The normalized spacial score (nSPS) is 14.3. The summed E-state index contributed by atoms with van der Waals surface area (Å²) in [6.45, 7) is 10.4. The summed E-state index contributed by atoms with van der Waals surface area (Å²) >= 11 is 0. The van der Waals surface area contributed by atoms with Gasteiger partial charge in [-0.3, -0.25) is 4.79 Å². The Labute approximate surface area is 128 Å². The monoisotopic (exact) mass is 288 g/mol. The Bertz CT molecular complexity index is 492. The third kappa shape index (κ3) is 4.23. The number of benzene rings is 1. The van der Waals surface area contributed by atoms with Gasteiger partial charge in [-0.15, -0.1) is 0 Å². The highest BCUT2D eigenvalue weighted by molar-refractivity contribution is 5.95. The first-order valence-electron chi connectivity index (χ1n) is 8.18. The van der Waals surface area contributed by atoms with E-state index in [-0.39, 0.29) is 5.91 Å². The predicted molar refractivity (Wildman–Crippen MR) is 88.9 cm³/mol. The van der Waals surface area contributed by atoms with Gasteiger partial charge < -0.3 is 10.2 Å². The van der Waals surface area contributed by atoms with Crippen LogP contribution in [0.3, 0.4) is 0 Å². The zero-order chi connectivity index (χ0) is 15.4. The molecule has 3 heteroatoms. The number of nitrogens with zero attached hydrogens (tertiary/aromatic N) is 1. The molecule has 0 unspecified atom stereocenters. The van der Waals surface area contributed by atoms with E-state index in [1.165, 1.54) is 0 Å². The van der Waals surface area contributed by atoms with Gasteiger partial charge in [0.25, 0.3) is 5.91 Å². The molecule has 3 nitrogen and oxygen atoms in total. The number of rotatable bonds is 7. The van der Waals surface area contributed by atoms with Gasteiger partial charge in [0.05, 0.1) is 0 Å². The van der Waals surface area contributed by atoms with Crippen LogP contribution >= 0.6 is 0 Å². The van der Waals surface area contributed by atoms with Crippen LogP contribution in [-0.4, -0.2) is 29.9 Å². The van der Waals surface area contributed by atoms with Crippen molar-refractivity contribution in [3.8, 4) is 0 Å². The lowest BCUT2D eigenvalue weighted by Gasteiger charge is -2.24. The number of anilines is 1. The third-order valence-corrected chi connectivity index (χ3v) is 4.04. The first kappa shape index (κ1) is 15.9. The Balaban J connectivity index is 2.11. The van der Waals surface area contributed by atoms with E-state index in [1.807, 2.05) is 18.2 Å². The molecule has 116 valence electrons. The molecule has 0 aromatic heterocycles. The average Bonchev–Trinajstić information content (AvgIpc) is 3.25. The molecule has 1 saturated carbocycles. The molecule has 1 amide bonds. The standard InChI is InChI=1S/C18H28N2O/c1-5-19-17-9-6-15(12-14(17)4)18(21)20(16-7-8-16)11-10-13(2)3/h6,9,12-13,16,19H,5,7-8,10-11H2,1-4H3. The summed E-state index contributed by atoms with van der Waals surface area (Å²) in [5, 5.41) is 3.32. The van der Waals surface area contributed by atoms with Crippen LogP contribution in [0.25, 0.3) is 0 Å². The van der Waals surface area contributed by atoms with Crippen molar-refractivity contribution in [2.24, 2.45) is 5.92 Å². The summed E-state index contributed by atoms with van der Waals surface area (Å²) in [6, 6.07) is 6.48. The van der Waals surface area contributed by atoms with Crippen molar-refractivity contribution >= 4 is 11.6 Å². The summed E-state index contributed by atoms with van der Waals surface area (Å²) in [4.78, 5) is 14.9. The van der Waals surface area contributed by atoms with Crippen molar-refractivity contribution in [3.05, 3.63) is 29.3 Å². The van der Waals surface area contributed by atoms with Crippen LogP contribution in [0.5, 0.6) is 0 Å². The second-order valence-corrected chi connectivity index (χ2v) is 6.47. The predicted octanol–water partition coefficient (Wildman–Crippen LogP) is 4.08. The summed E-state index contributed by atoms with van der Waals surface area (Å²) in [7, 11) is 0. The Morgan fingerprint density at radius 3 is 2.62 bits per heavy atom. The maximum Gasteiger partial charge on any atom is 0.254 e. The van der Waals surface area contributed by atoms with Crippen LogP contribution in [0.4, 0.5) is 5.69 Å². The van der Waals surface area contributed by atoms with Crippen molar-refractivity contribution in [1.82, 2.24) is 4.90 Å². The smallest absolute Gasteiger partial charge is 0.254 e. The van der Waals surface area contributed by atoms with Gasteiger partial charge >= 0.3 is 0 Å². The van der Waals surface area contributed by atoms with Crippen molar-refractivity contribution in [3.63, 3.8) is 0 Å². The molecule has 2 rings (SSSR count). The summed E-state index contributed by atoms with van der Waals surface area (Å²) in [5.74, 6) is 0.834. The summed E-state index contributed by atoms with van der Waals surface area (Å²) < 4.78 is 0. The molecule has 1 fully saturated rings. The molecule has 0 heterocycles. The number of aryl methyl sites for hydroxylation is 1. The molecule has 1 aromatic carbocycles. The van der Waals surface area contributed by atoms with Crippen molar-refractivity contribution in [2.75, 3.05) is 18.4 Å². The molecule has 0 saturated heterocycles. The Morgan fingerprint density at radius 2 is 2.10 bits per heavy atom. The quantitative estimate of drug-likeness (QED) is 0.820. The maximum atomic E-state index is 12.8. The fourth-order valence-electron chi connectivity index (χ4n) is 2.58. The second-order valence-electron chi connectivity index (χ2n) is 6.47. The molecule has 1 aliphatic rings. The van der Waals surface area contributed by atoms with E-state index >= 15 is 0 Å². The number of carbonyl (C=O) groups excluding carboxylic acids is 1. The maximum absolute atomic E-state index is 12.8. The fourth-order valence-corrected chi connectivity index (χ4v) is 2.58. The van der Waals surface area contributed by atoms with Crippen LogP contribution in [-0.2, 0) is 0 Å². The molecule has 0 atom stereocenters. The molecule has 0 aliphatic heterocycles. The number of amides is 1. The van der Waals surface area contributed by atoms with Crippen molar-refractivity contribution < 1.29 is 4.79 Å². The van der Waals surface area contributed by atoms with E-state index in [0.717, 1.165) is 49.2 Å². The second kappa shape index (κ2) is 6.97. The van der Waals surface area contributed by atoms with Crippen LogP contribution in [0.15, 0.2) is 18.2 Å². The van der Waals surface area contributed by atoms with Crippen LogP contribution in [0.2, 0.25) is 0 Å². The number of hydrogen-bond donors (Lipinski definition) is 1. The topological polar surface area (TPSA) is 32.3 Å². The molecular formula is C18H28N2O. The molecule has 1 aliphatic carbocycles. The molecule has 1 aromatic rings. The third-order valence-electron chi connectivity index (χ3n) is 4.04.